The highest BCUT2D eigenvalue weighted by Crippen LogP contribution is 2.30. The first-order chi connectivity index (χ1) is 12.1. The van der Waals surface area contributed by atoms with Gasteiger partial charge >= 0.3 is 0 Å². The fourth-order valence-electron chi connectivity index (χ4n) is 2.18. The Morgan fingerprint density at radius 2 is 2.08 bits per heavy atom. The molecule has 0 radical (unpaired) electrons. The van der Waals surface area contributed by atoms with Gasteiger partial charge in [0.2, 0.25) is 0 Å². The van der Waals surface area contributed by atoms with Crippen LogP contribution in [0.15, 0.2) is 28.6 Å². The van der Waals surface area contributed by atoms with Gasteiger partial charge in [0.15, 0.2) is 17.5 Å². The van der Waals surface area contributed by atoms with E-state index in [1.807, 2.05) is 25.1 Å². The lowest BCUT2D eigenvalue weighted by molar-refractivity contribution is 0.311. The Bertz CT molecular complexity index is 719. The smallest absolute Gasteiger partial charge is 0.195 e. The molecule has 8 heteroatoms. The maximum atomic E-state index is 5.54. The third-order valence-electron chi connectivity index (χ3n) is 3.45. The zero-order chi connectivity index (χ0) is 18.2. The molecule has 1 heterocycles. The molecule has 1 aromatic heterocycles. The van der Waals surface area contributed by atoms with Crippen molar-refractivity contribution in [1.82, 2.24) is 10.3 Å². The zero-order valence-electron chi connectivity index (χ0n) is 15.8. The molecule has 0 atom stereocenters. The van der Waals surface area contributed by atoms with Gasteiger partial charge in [0.25, 0.3) is 0 Å². The molecule has 2 rings (SSSR count). The lowest BCUT2D eigenvalue weighted by atomic mass is 10.2. The Labute approximate surface area is 176 Å². The summed E-state index contributed by atoms with van der Waals surface area (Å²) in [5.74, 6) is 2.53. The van der Waals surface area contributed by atoms with E-state index in [4.69, 9.17) is 9.47 Å². The minimum Gasteiger partial charge on any atom is -0.493 e. The highest BCUT2D eigenvalue weighted by Gasteiger charge is 2.09. The Kier molecular flexibility index (Phi) is 9.71. The van der Waals surface area contributed by atoms with Crippen LogP contribution in [-0.2, 0) is 6.54 Å². The van der Waals surface area contributed by atoms with Crippen molar-refractivity contribution in [3.05, 3.63) is 34.3 Å². The van der Waals surface area contributed by atoms with Crippen molar-refractivity contribution in [3.8, 4) is 11.5 Å². The monoisotopic (exact) mass is 490 g/mol. The molecule has 0 aliphatic rings. The van der Waals surface area contributed by atoms with Crippen molar-refractivity contribution in [2.45, 2.75) is 33.2 Å². The molecule has 1 aromatic carbocycles. The summed E-state index contributed by atoms with van der Waals surface area (Å²) in [6.45, 7) is 7.46. The number of methoxy groups -OCH3 is 1. The molecule has 2 aromatic rings. The summed E-state index contributed by atoms with van der Waals surface area (Å²) in [5.41, 5.74) is 1.88. The highest BCUT2D eigenvalue weighted by molar-refractivity contribution is 14.0. The summed E-state index contributed by atoms with van der Waals surface area (Å²) in [5, 5.41) is 9.75. The van der Waals surface area contributed by atoms with E-state index < -0.39 is 0 Å². The molecule has 0 unspecified atom stereocenters. The molecule has 0 aliphatic carbocycles. The van der Waals surface area contributed by atoms with E-state index in [9.17, 15) is 0 Å². The maximum absolute atomic E-state index is 5.54. The van der Waals surface area contributed by atoms with Crippen LogP contribution in [-0.4, -0.2) is 31.7 Å². The van der Waals surface area contributed by atoms with Crippen LogP contribution in [0.5, 0.6) is 11.5 Å². The molecule has 0 spiro atoms. The fourth-order valence-corrected chi connectivity index (χ4v) is 3.01. The Balaban J connectivity index is 0.00000338. The molecular weight excluding hydrogens is 463 g/mol. The third kappa shape index (κ3) is 6.31. The summed E-state index contributed by atoms with van der Waals surface area (Å²) in [7, 11) is 3.37. The number of rotatable bonds is 7. The summed E-state index contributed by atoms with van der Waals surface area (Å²) >= 11 is 1.69. The minimum atomic E-state index is 0. The normalized spacial score (nSPS) is 11.1. The van der Waals surface area contributed by atoms with Gasteiger partial charge in [-0.05, 0) is 19.1 Å². The summed E-state index contributed by atoms with van der Waals surface area (Å²) in [6, 6.07) is 5.70. The van der Waals surface area contributed by atoms with E-state index in [2.05, 4.69) is 39.8 Å². The predicted molar refractivity (Wildman–Crippen MR) is 120 cm³/mol. The van der Waals surface area contributed by atoms with Crippen molar-refractivity contribution in [1.29, 1.82) is 0 Å². The number of hydrogen-bond donors (Lipinski definition) is 2. The predicted octanol–water partition coefficient (Wildman–Crippen LogP) is 4.48. The van der Waals surface area contributed by atoms with E-state index in [1.54, 1.807) is 25.5 Å². The summed E-state index contributed by atoms with van der Waals surface area (Å²) in [6.07, 6.45) is 0. The molecule has 0 fully saturated rings. The number of hydrogen-bond acceptors (Lipinski definition) is 5. The van der Waals surface area contributed by atoms with Gasteiger partial charge in [-0.25, -0.2) is 4.98 Å². The Morgan fingerprint density at radius 1 is 1.31 bits per heavy atom. The summed E-state index contributed by atoms with van der Waals surface area (Å²) < 4.78 is 10.9. The van der Waals surface area contributed by atoms with Crippen LogP contribution in [0.3, 0.4) is 0 Å². The number of halogens is 1. The molecule has 0 bridgehead atoms. The Morgan fingerprint density at radius 3 is 2.65 bits per heavy atom. The van der Waals surface area contributed by atoms with Gasteiger partial charge in [0.1, 0.15) is 0 Å². The molecule has 6 nitrogen and oxygen atoms in total. The molecule has 0 saturated carbocycles. The number of benzene rings is 1. The average Bonchev–Trinajstić information content (AvgIpc) is 3.09. The largest absolute Gasteiger partial charge is 0.493 e. The number of aromatic nitrogens is 1. The fraction of sp³-hybridized carbons (Fsp3) is 0.444. The lowest BCUT2D eigenvalue weighted by Crippen LogP contribution is -2.30. The quantitative estimate of drug-likeness (QED) is 0.341. The van der Waals surface area contributed by atoms with Crippen molar-refractivity contribution < 1.29 is 9.47 Å². The van der Waals surface area contributed by atoms with Gasteiger partial charge in [-0.3, -0.25) is 4.99 Å². The number of ether oxygens (including phenoxy) is 2. The molecule has 26 heavy (non-hydrogen) atoms. The second kappa shape index (κ2) is 11.2. The maximum Gasteiger partial charge on any atom is 0.195 e. The van der Waals surface area contributed by atoms with Gasteiger partial charge in [-0.1, -0.05) is 13.8 Å². The van der Waals surface area contributed by atoms with Crippen LogP contribution in [0.2, 0.25) is 0 Å². The van der Waals surface area contributed by atoms with E-state index in [-0.39, 0.29) is 24.0 Å². The van der Waals surface area contributed by atoms with Crippen molar-refractivity contribution in [3.63, 3.8) is 0 Å². The topological polar surface area (TPSA) is 67.8 Å². The van der Waals surface area contributed by atoms with Crippen LogP contribution in [0, 0.1) is 0 Å². The van der Waals surface area contributed by atoms with Gasteiger partial charge < -0.3 is 20.1 Å². The van der Waals surface area contributed by atoms with E-state index >= 15 is 0 Å². The number of aliphatic imine (C=N–C) groups is 1. The molecular formula is C18H27IN4O2S. The summed E-state index contributed by atoms with van der Waals surface area (Å²) in [4.78, 5) is 8.87. The first-order valence-electron chi connectivity index (χ1n) is 8.30. The van der Waals surface area contributed by atoms with E-state index in [0.717, 1.165) is 22.1 Å². The van der Waals surface area contributed by atoms with Gasteiger partial charge in [0, 0.05) is 30.1 Å². The van der Waals surface area contributed by atoms with Crippen LogP contribution in [0.1, 0.15) is 37.4 Å². The van der Waals surface area contributed by atoms with Gasteiger partial charge in [0.05, 0.1) is 31.0 Å². The van der Waals surface area contributed by atoms with E-state index in [1.165, 1.54) is 0 Å². The van der Waals surface area contributed by atoms with Crippen molar-refractivity contribution in [2.24, 2.45) is 4.99 Å². The second-order valence-corrected chi connectivity index (χ2v) is 6.57. The third-order valence-corrected chi connectivity index (χ3v) is 4.64. The SMILES string of the molecule is CCOc1ccc(NC(=NC)NCc2csc(C(C)C)n2)cc1OC.I. The van der Waals surface area contributed by atoms with Crippen LogP contribution >= 0.6 is 35.3 Å². The van der Waals surface area contributed by atoms with E-state index in [0.29, 0.717) is 30.8 Å². The number of nitrogens with one attached hydrogen (secondary N) is 2. The van der Waals surface area contributed by atoms with Crippen LogP contribution in [0.4, 0.5) is 5.69 Å². The van der Waals surface area contributed by atoms with Gasteiger partial charge in [-0.2, -0.15) is 0 Å². The molecule has 0 amide bonds. The number of guanidine groups is 1. The lowest BCUT2D eigenvalue weighted by Gasteiger charge is -2.14. The number of anilines is 1. The first kappa shape index (κ1) is 22.5. The molecule has 0 saturated heterocycles. The van der Waals surface area contributed by atoms with Crippen LogP contribution < -0.4 is 20.1 Å². The molecule has 2 N–H and O–H groups in total. The Hall–Kier alpha value is -1.55. The second-order valence-electron chi connectivity index (χ2n) is 5.68. The standard InChI is InChI=1S/C18H26N4O2S.HI/c1-6-24-15-8-7-13(9-16(15)23-5)22-18(19-4)20-10-14-11-25-17(21-14)12(2)3;/h7-9,11-12H,6,10H2,1-5H3,(H2,19,20,22);1H. The number of thiazole rings is 1. The van der Waals surface area contributed by atoms with Crippen molar-refractivity contribution in [2.75, 3.05) is 26.1 Å². The first-order valence-corrected chi connectivity index (χ1v) is 9.18. The van der Waals surface area contributed by atoms with Gasteiger partial charge in [-0.15, -0.1) is 35.3 Å². The van der Waals surface area contributed by atoms with Crippen molar-refractivity contribution >= 4 is 47.0 Å². The minimum absolute atomic E-state index is 0. The molecule has 144 valence electrons. The average molecular weight is 490 g/mol. The highest BCUT2D eigenvalue weighted by atomic mass is 127. The van der Waals surface area contributed by atoms with Crippen LogP contribution in [0.25, 0.3) is 0 Å². The zero-order valence-corrected chi connectivity index (χ0v) is 19.0. The molecule has 0 aliphatic heterocycles. The number of nitrogens with zero attached hydrogens (tertiary/aromatic N) is 2.